The van der Waals surface area contributed by atoms with Crippen molar-refractivity contribution in [3.8, 4) is 0 Å². The minimum atomic E-state index is 0.949. The zero-order valence-electron chi connectivity index (χ0n) is 11.1. The Morgan fingerprint density at radius 3 is 2.78 bits per heavy atom. The van der Waals surface area contributed by atoms with Crippen molar-refractivity contribution in [3.05, 3.63) is 29.3 Å². The van der Waals surface area contributed by atoms with E-state index in [4.69, 9.17) is 0 Å². The largest absolute Gasteiger partial charge is 0.365 e. The molecule has 0 saturated heterocycles. The van der Waals surface area contributed by atoms with Crippen molar-refractivity contribution >= 4 is 38.5 Å². The van der Waals surface area contributed by atoms with Crippen molar-refractivity contribution in [2.24, 2.45) is 4.99 Å². The maximum absolute atomic E-state index is 4.48. The maximum atomic E-state index is 4.48. The van der Waals surface area contributed by atoms with Gasteiger partial charge in [0, 0.05) is 20.3 Å². The summed E-state index contributed by atoms with van der Waals surface area (Å²) in [5.74, 6) is 0. The van der Waals surface area contributed by atoms with Gasteiger partial charge in [-0.1, -0.05) is 23.0 Å². The van der Waals surface area contributed by atoms with Crippen molar-refractivity contribution < 1.29 is 0 Å². The predicted octanol–water partition coefficient (Wildman–Crippen LogP) is 3.83. The number of hydrogen-bond acceptors (Lipinski definition) is 4. The van der Waals surface area contributed by atoms with Crippen LogP contribution in [0.2, 0.25) is 0 Å². The molecule has 94 valence electrons. The van der Waals surface area contributed by atoms with E-state index in [2.05, 4.69) is 47.3 Å². The van der Waals surface area contributed by atoms with Crippen LogP contribution in [0.4, 0.5) is 5.13 Å². The molecule has 1 aromatic heterocycles. The van der Waals surface area contributed by atoms with Gasteiger partial charge in [-0.05, 0) is 37.1 Å². The number of nitrogens with one attached hydrogen (secondary N) is 1. The maximum Gasteiger partial charge on any atom is 0.183 e. The standard InChI is InChI=1S/C14H17N3S/c1-9(2)11(8-15-3)10-5-6-12-13(7-10)18-14(16-4)17-12/h5-8H,1-4H3,(H,16,17)/b15-8-. The van der Waals surface area contributed by atoms with Crippen LogP contribution in [-0.2, 0) is 0 Å². The van der Waals surface area contributed by atoms with Gasteiger partial charge in [0.1, 0.15) is 0 Å². The van der Waals surface area contributed by atoms with Crippen LogP contribution in [0.25, 0.3) is 15.8 Å². The summed E-state index contributed by atoms with van der Waals surface area (Å²) in [6, 6.07) is 6.35. The zero-order valence-corrected chi connectivity index (χ0v) is 11.9. The number of thiazole rings is 1. The van der Waals surface area contributed by atoms with Gasteiger partial charge in [-0.25, -0.2) is 4.98 Å². The van der Waals surface area contributed by atoms with Gasteiger partial charge in [0.25, 0.3) is 0 Å². The Morgan fingerprint density at radius 1 is 1.39 bits per heavy atom. The molecule has 0 amide bonds. The first-order chi connectivity index (χ1) is 8.65. The molecule has 1 aromatic carbocycles. The highest BCUT2D eigenvalue weighted by Crippen LogP contribution is 2.29. The lowest BCUT2D eigenvalue weighted by Crippen LogP contribution is -1.89. The lowest BCUT2D eigenvalue weighted by Gasteiger charge is -2.04. The van der Waals surface area contributed by atoms with Crippen LogP contribution in [0.15, 0.2) is 28.8 Å². The molecule has 2 aromatic rings. The van der Waals surface area contributed by atoms with Crippen molar-refractivity contribution in [3.63, 3.8) is 0 Å². The second-order valence-electron chi connectivity index (χ2n) is 4.25. The highest BCUT2D eigenvalue weighted by molar-refractivity contribution is 7.22. The third-order valence-corrected chi connectivity index (χ3v) is 3.75. The molecule has 0 aliphatic heterocycles. The SMILES string of the molecule is C/N=C\C(=C(C)C)c1ccc2nc(NC)sc2c1. The van der Waals surface area contributed by atoms with E-state index in [1.165, 1.54) is 21.4 Å². The number of aromatic nitrogens is 1. The van der Waals surface area contributed by atoms with E-state index in [-0.39, 0.29) is 0 Å². The average molecular weight is 259 g/mol. The van der Waals surface area contributed by atoms with E-state index >= 15 is 0 Å². The first-order valence-corrected chi connectivity index (χ1v) is 6.65. The summed E-state index contributed by atoms with van der Waals surface area (Å²) >= 11 is 1.67. The number of fused-ring (bicyclic) bond motifs is 1. The molecule has 2 rings (SSSR count). The van der Waals surface area contributed by atoms with Gasteiger partial charge in [-0.15, -0.1) is 0 Å². The zero-order chi connectivity index (χ0) is 13.1. The molecule has 0 aliphatic rings. The molecule has 0 spiro atoms. The normalized spacial score (nSPS) is 11.1. The quantitative estimate of drug-likeness (QED) is 0.850. The summed E-state index contributed by atoms with van der Waals surface area (Å²) in [4.78, 5) is 8.61. The van der Waals surface area contributed by atoms with Crippen LogP contribution in [-0.4, -0.2) is 25.3 Å². The fourth-order valence-electron chi connectivity index (χ4n) is 1.82. The Bertz CT molecular complexity index is 619. The number of hydrogen-bond donors (Lipinski definition) is 1. The van der Waals surface area contributed by atoms with Crippen LogP contribution < -0.4 is 5.32 Å². The average Bonchev–Trinajstić information content (AvgIpc) is 2.77. The third-order valence-electron chi connectivity index (χ3n) is 2.71. The fraction of sp³-hybridized carbons (Fsp3) is 0.286. The minimum absolute atomic E-state index is 0.949. The summed E-state index contributed by atoms with van der Waals surface area (Å²) in [6.07, 6.45) is 1.91. The van der Waals surface area contributed by atoms with Crippen LogP contribution in [0.1, 0.15) is 19.4 Å². The summed E-state index contributed by atoms with van der Waals surface area (Å²) in [5.41, 5.74) is 4.67. The van der Waals surface area contributed by atoms with Crippen molar-refractivity contribution in [2.45, 2.75) is 13.8 Å². The Labute approximate surface area is 111 Å². The van der Waals surface area contributed by atoms with Gasteiger partial charge in [0.2, 0.25) is 0 Å². The number of aliphatic imine (C=N–C) groups is 1. The number of allylic oxidation sites excluding steroid dienone is 2. The van der Waals surface area contributed by atoms with E-state index in [0.717, 1.165) is 10.6 Å². The number of nitrogens with zero attached hydrogens (tertiary/aromatic N) is 2. The summed E-state index contributed by atoms with van der Waals surface area (Å²) in [7, 11) is 3.69. The van der Waals surface area contributed by atoms with Gasteiger partial charge >= 0.3 is 0 Å². The highest BCUT2D eigenvalue weighted by Gasteiger charge is 2.06. The van der Waals surface area contributed by atoms with Crippen LogP contribution >= 0.6 is 11.3 Å². The third kappa shape index (κ3) is 2.43. The summed E-state index contributed by atoms with van der Waals surface area (Å²) < 4.78 is 1.19. The Morgan fingerprint density at radius 2 is 2.17 bits per heavy atom. The van der Waals surface area contributed by atoms with Gasteiger partial charge < -0.3 is 5.32 Å². The Balaban J connectivity index is 2.55. The monoisotopic (exact) mass is 259 g/mol. The predicted molar refractivity (Wildman–Crippen MR) is 81.9 cm³/mol. The summed E-state index contributed by atoms with van der Waals surface area (Å²) in [6.45, 7) is 4.21. The van der Waals surface area contributed by atoms with E-state index in [1.807, 2.05) is 13.3 Å². The van der Waals surface area contributed by atoms with Gasteiger partial charge in [-0.2, -0.15) is 0 Å². The molecule has 3 nitrogen and oxygen atoms in total. The lowest BCUT2D eigenvalue weighted by molar-refractivity contribution is 1.39. The molecule has 1 N–H and O–H groups in total. The number of rotatable bonds is 3. The fourth-order valence-corrected chi connectivity index (χ4v) is 2.68. The number of anilines is 1. The Hall–Kier alpha value is -1.68. The molecule has 0 aliphatic carbocycles. The number of benzene rings is 1. The molecular formula is C14H17N3S. The van der Waals surface area contributed by atoms with E-state index in [9.17, 15) is 0 Å². The minimum Gasteiger partial charge on any atom is -0.365 e. The Kier molecular flexibility index (Phi) is 3.77. The van der Waals surface area contributed by atoms with E-state index < -0.39 is 0 Å². The summed E-state index contributed by atoms with van der Waals surface area (Å²) in [5, 5.41) is 4.03. The molecule has 0 atom stereocenters. The first-order valence-electron chi connectivity index (χ1n) is 5.84. The molecule has 1 heterocycles. The second kappa shape index (κ2) is 5.31. The molecule has 0 unspecified atom stereocenters. The molecular weight excluding hydrogens is 242 g/mol. The molecule has 0 bridgehead atoms. The van der Waals surface area contributed by atoms with Crippen molar-refractivity contribution in [1.82, 2.24) is 4.98 Å². The second-order valence-corrected chi connectivity index (χ2v) is 5.28. The molecule has 0 radical (unpaired) electrons. The molecule has 0 saturated carbocycles. The van der Waals surface area contributed by atoms with Gasteiger partial charge in [-0.3, -0.25) is 4.99 Å². The molecule has 18 heavy (non-hydrogen) atoms. The van der Waals surface area contributed by atoms with Gasteiger partial charge in [0.15, 0.2) is 5.13 Å². The molecule has 0 fully saturated rings. The van der Waals surface area contributed by atoms with Crippen LogP contribution in [0.3, 0.4) is 0 Å². The van der Waals surface area contributed by atoms with Crippen LogP contribution in [0, 0.1) is 0 Å². The van der Waals surface area contributed by atoms with Crippen LogP contribution in [0.5, 0.6) is 0 Å². The lowest BCUT2D eigenvalue weighted by atomic mass is 10.0. The molecule has 4 heteroatoms. The van der Waals surface area contributed by atoms with Gasteiger partial charge in [0.05, 0.1) is 10.2 Å². The van der Waals surface area contributed by atoms with E-state index in [1.54, 1.807) is 18.4 Å². The van der Waals surface area contributed by atoms with Crippen molar-refractivity contribution in [2.75, 3.05) is 19.4 Å². The topological polar surface area (TPSA) is 37.3 Å². The first kappa shape index (κ1) is 12.8. The smallest absolute Gasteiger partial charge is 0.183 e. The van der Waals surface area contributed by atoms with E-state index in [0.29, 0.717) is 0 Å². The highest BCUT2D eigenvalue weighted by atomic mass is 32.1. The van der Waals surface area contributed by atoms with Crippen molar-refractivity contribution in [1.29, 1.82) is 0 Å².